The van der Waals surface area contributed by atoms with Crippen LogP contribution in [0.2, 0.25) is 0 Å². The lowest BCUT2D eigenvalue weighted by molar-refractivity contribution is -0.335. The van der Waals surface area contributed by atoms with Gasteiger partial charge in [0, 0.05) is 22.9 Å². The third-order valence-electron chi connectivity index (χ3n) is 17.9. The minimum Gasteiger partial charge on any atom is -0.396 e. The molecular weight excluding hydrogens is 736 g/mol. The van der Waals surface area contributed by atoms with E-state index in [1.807, 2.05) is 6.92 Å². The van der Waals surface area contributed by atoms with Crippen LogP contribution in [0, 0.1) is 50.2 Å². The van der Waals surface area contributed by atoms with E-state index in [2.05, 4.69) is 46.8 Å². The minimum absolute atomic E-state index is 0.0479. The molecule has 0 amide bonds. The topological polar surface area (TPSA) is 230 Å². The number of rotatable bonds is 9. The van der Waals surface area contributed by atoms with Crippen molar-refractivity contribution in [3.63, 3.8) is 0 Å². The lowest BCUT2D eigenvalue weighted by Gasteiger charge is -2.70. The number of ether oxygens (including phenoxy) is 3. The highest BCUT2D eigenvalue weighted by molar-refractivity contribution is 5.47. The van der Waals surface area contributed by atoms with E-state index in [0.717, 1.165) is 37.7 Å². The average molecular weight is 809 g/mol. The molecule has 1 heterocycles. The molecule has 57 heavy (non-hydrogen) atoms. The van der Waals surface area contributed by atoms with Gasteiger partial charge in [-0.1, -0.05) is 59.3 Å². The number of hydrogen-bond donors (Lipinski definition) is 10. The number of aliphatic hydroxyl groups is 10. The summed E-state index contributed by atoms with van der Waals surface area (Å²) in [6.07, 6.45) is -1.83. The van der Waals surface area contributed by atoms with Gasteiger partial charge in [0.25, 0.3) is 0 Å². The molecule has 0 radical (unpaired) electrons. The Morgan fingerprint density at radius 3 is 2.16 bits per heavy atom. The molecule has 0 aromatic heterocycles. The lowest BCUT2D eigenvalue weighted by atomic mass is 9.35. The van der Waals surface area contributed by atoms with Crippen LogP contribution in [0.4, 0.5) is 0 Å². The summed E-state index contributed by atoms with van der Waals surface area (Å²) < 4.78 is 18.4. The molecule has 10 N–H and O–H groups in total. The third-order valence-corrected chi connectivity index (χ3v) is 17.9. The number of aliphatic hydroxyl groups excluding tert-OH is 10. The Morgan fingerprint density at radius 1 is 0.789 bits per heavy atom. The van der Waals surface area contributed by atoms with Crippen LogP contribution in [-0.4, -0.2) is 145 Å². The smallest absolute Gasteiger partial charge is 0.187 e. The molecule has 0 aromatic rings. The predicted octanol–water partition coefficient (Wildman–Crippen LogP) is 1.71. The monoisotopic (exact) mass is 808 g/mol. The van der Waals surface area contributed by atoms with Crippen LogP contribution in [-0.2, 0) is 14.2 Å². The van der Waals surface area contributed by atoms with E-state index in [0.29, 0.717) is 32.1 Å². The normalized spacial score (nSPS) is 55.1. The standard InChI is InChI=1S/C44H72O13/c1-23-17-26(34(52)37(32(23)50)57-38-36(54)35(53)33(51)27(20-46)56-38)55-31-10-11-40(3)28(41(31,4)21-47)9-12-42(5)29(40)8-7-24-25-18-39(2,15-16-45)13-14-44(25,22-48)30(49)19-43(24,42)6/h7-8,23,26-38,45-54H,9-22H2,1-6H3/t23-,26+,27+,28?,29?,30+,31-,32-,33+,34-,35-,36+,37+,38-,39-,40-,41-,42+,43+,44?/m0/s1. The highest BCUT2D eigenvalue weighted by Gasteiger charge is 2.69. The molecule has 326 valence electrons. The van der Waals surface area contributed by atoms with Crippen LogP contribution in [0.25, 0.3) is 0 Å². The summed E-state index contributed by atoms with van der Waals surface area (Å²) in [6, 6.07) is 0. The number of hydrogen-bond acceptors (Lipinski definition) is 13. The summed E-state index contributed by atoms with van der Waals surface area (Å²) in [6.45, 7) is 12.4. The average Bonchev–Trinajstić information content (AvgIpc) is 3.17. The molecule has 1 saturated heterocycles. The summed E-state index contributed by atoms with van der Waals surface area (Å²) in [4.78, 5) is 0. The number of fused-ring (bicyclic) bond motifs is 6. The van der Waals surface area contributed by atoms with Gasteiger partial charge in [0.1, 0.15) is 36.6 Å². The van der Waals surface area contributed by atoms with Crippen LogP contribution in [0.3, 0.4) is 0 Å². The van der Waals surface area contributed by atoms with Crippen molar-refractivity contribution in [3.8, 4) is 0 Å². The van der Waals surface area contributed by atoms with Crippen molar-refractivity contribution in [2.24, 2.45) is 50.2 Å². The van der Waals surface area contributed by atoms with Crippen LogP contribution >= 0.6 is 0 Å². The van der Waals surface area contributed by atoms with Gasteiger partial charge in [0.15, 0.2) is 6.29 Å². The Kier molecular flexibility index (Phi) is 11.9. The molecule has 7 rings (SSSR count). The van der Waals surface area contributed by atoms with E-state index in [-0.39, 0.29) is 53.3 Å². The number of allylic oxidation sites excluding steroid dienone is 3. The highest BCUT2D eigenvalue weighted by atomic mass is 16.7. The zero-order valence-corrected chi connectivity index (χ0v) is 34.8. The largest absolute Gasteiger partial charge is 0.396 e. The maximum atomic E-state index is 12.1. The van der Waals surface area contributed by atoms with E-state index >= 15 is 0 Å². The van der Waals surface area contributed by atoms with E-state index in [4.69, 9.17) is 14.2 Å². The van der Waals surface area contributed by atoms with Crippen molar-refractivity contribution in [1.29, 1.82) is 0 Å². The first-order valence-corrected chi connectivity index (χ1v) is 21.6. The van der Waals surface area contributed by atoms with Gasteiger partial charge in [0.2, 0.25) is 0 Å². The SMILES string of the molecule is C[C@H]1C[C@@H](O[C@H]2CC[C@@]3(C)C(CC[C@]4(C)C3C=CC3=C5C[C@](C)(CCO)CCC5(CO)[C@H](O)C[C@]34C)[C@]2(C)CO)[C@H](O)[C@H](O[C@@H]2O[C@H](CO)[C@@H](O)[C@H](O)[C@H]2O)[C@H]1O. The lowest BCUT2D eigenvalue weighted by Crippen LogP contribution is -2.66. The van der Waals surface area contributed by atoms with Crippen molar-refractivity contribution < 1.29 is 65.3 Å². The first-order valence-electron chi connectivity index (χ1n) is 21.6. The van der Waals surface area contributed by atoms with Crippen molar-refractivity contribution >= 4 is 0 Å². The molecule has 0 spiro atoms. The fourth-order valence-electron chi connectivity index (χ4n) is 13.9. The Morgan fingerprint density at radius 2 is 1.51 bits per heavy atom. The second-order valence-electron chi connectivity index (χ2n) is 20.9. The zero-order chi connectivity index (χ0) is 41.7. The van der Waals surface area contributed by atoms with Gasteiger partial charge in [-0.05, 0) is 104 Å². The Bertz CT molecular complexity index is 1540. The summed E-state index contributed by atoms with van der Waals surface area (Å²) >= 11 is 0. The summed E-state index contributed by atoms with van der Waals surface area (Å²) in [7, 11) is 0. The minimum atomic E-state index is -1.70. The fraction of sp³-hybridized carbons (Fsp3) is 0.909. The van der Waals surface area contributed by atoms with Gasteiger partial charge in [-0.3, -0.25) is 0 Å². The van der Waals surface area contributed by atoms with E-state index in [1.54, 1.807) is 0 Å². The van der Waals surface area contributed by atoms with E-state index in [1.165, 1.54) is 5.57 Å². The summed E-state index contributed by atoms with van der Waals surface area (Å²) in [5, 5.41) is 108. The molecule has 5 fully saturated rings. The third kappa shape index (κ3) is 6.50. The van der Waals surface area contributed by atoms with E-state index in [9.17, 15) is 51.1 Å². The molecule has 0 aromatic carbocycles. The van der Waals surface area contributed by atoms with Crippen LogP contribution in [0.1, 0.15) is 106 Å². The van der Waals surface area contributed by atoms with Gasteiger partial charge < -0.3 is 65.3 Å². The molecule has 7 aliphatic rings. The Hall–Kier alpha value is -1.04. The first kappa shape index (κ1) is 44.0. The van der Waals surface area contributed by atoms with Crippen LogP contribution < -0.4 is 0 Å². The van der Waals surface area contributed by atoms with Crippen LogP contribution in [0.5, 0.6) is 0 Å². The molecule has 3 unspecified atom stereocenters. The summed E-state index contributed by atoms with van der Waals surface area (Å²) in [5.41, 5.74) is 0.0855. The molecular formula is C44H72O13. The molecule has 4 saturated carbocycles. The molecule has 6 aliphatic carbocycles. The molecule has 0 bridgehead atoms. The summed E-state index contributed by atoms with van der Waals surface area (Å²) in [5.74, 6) is -0.222. The highest BCUT2D eigenvalue weighted by Crippen LogP contribution is 2.74. The second kappa shape index (κ2) is 15.4. The van der Waals surface area contributed by atoms with Crippen LogP contribution in [0.15, 0.2) is 23.3 Å². The fourth-order valence-corrected chi connectivity index (χ4v) is 13.9. The van der Waals surface area contributed by atoms with Gasteiger partial charge >= 0.3 is 0 Å². The van der Waals surface area contributed by atoms with Crippen molar-refractivity contribution in [2.45, 2.75) is 173 Å². The zero-order valence-electron chi connectivity index (χ0n) is 34.8. The first-order chi connectivity index (χ1) is 26.7. The van der Waals surface area contributed by atoms with Gasteiger partial charge in [0.05, 0.1) is 44.2 Å². The molecule has 1 aliphatic heterocycles. The quantitative estimate of drug-likeness (QED) is 0.160. The predicted molar refractivity (Wildman–Crippen MR) is 208 cm³/mol. The maximum Gasteiger partial charge on any atom is 0.187 e. The molecule has 13 nitrogen and oxygen atoms in total. The van der Waals surface area contributed by atoms with E-state index < -0.39 is 90.7 Å². The maximum absolute atomic E-state index is 12.1. The second-order valence-corrected chi connectivity index (χ2v) is 20.9. The Labute approximate surface area is 337 Å². The molecule has 13 heteroatoms. The van der Waals surface area contributed by atoms with Crippen molar-refractivity contribution in [2.75, 3.05) is 26.4 Å². The van der Waals surface area contributed by atoms with Gasteiger partial charge in [-0.15, -0.1) is 0 Å². The van der Waals surface area contributed by atoms with Crippen molar-refractivity contribution in [1.82, 2.24) is 0 Å². The van der Waals surface area contributed by atoms with Crippen molar-refractivity contribution in [3.05, 3.63) is 23.3 Å². The van der Waals surface area contributed by atoms with Gasteiger partial charge in [-0.25, -0.2) is 0 Å². The molecule has 20 atom stereocenters. The van der Waals surface area contributed by atoms with Gasteiger partial charge in [-0.2, -0.15) is 0 Å². The Balaban J connectivity index is 1.15.